The second kappa shape index (κ2) is 6.57. The Morgan fingerprint density at radius 2 is 0.852 bits per heavy atom. The van der Waals surface area contributed by atoms with Gasteiger partial charge in [-0.2, -0.15) is 0 Å². The van der Waals surface area contributed by atoms with Gasteiger partial charge in [0.2, 0.25) is 5.82 Å². The van der Waals surface area contributed by atoms with Crippen molar-refractivity contribution in [3.8, 4) is 11.5 Å². The molecule has 3 aromatic rings. The van der Waals surface area contributed by atoms with Crippen molar-refractivity contribution in [2.24, 2.45) is 0 Å². The molecule has 0 spiro atoms. The molecule has 0 atom stereocenters. The highest BCUT2D eigenvalue weighted by atomic mass is 19.2. The molecule has 0 fully saturated rings. The van der Waals surface area contributed by atoms with E-state index in [4.69, 9.17) is 0 Å². The lowest BCUT2D eigenvalue weighted by Crippen LogP contribution is -2.30. The normalized spacial score (nSPS) is 11.6. The number of hydrogen-bond donors (Lipinski definition) is 2. The highest BCUT2D eigenvalue weighted by Gasteiger charge is 2.40. The van der Waals surface area contributed by atoms with Gasteiger partial charge in [-0.15, -0.1) is 0 Å². The van der Waals surface area contributed by atoms with Crippen molar-refractivity contribution in [3.63, 3.8) is 0 Å². The number of phenolic OH excluding ortho intramolecular Hbond substituents is 2. The summed E-state index contributed by atoms with van der Waals surface area (Å²) in [6.07, 6.45) is 0. The van der Waals surface area contributed by atoms with Crippen LogP contribution in [0.4, 0.5) is 22.0 Å². The van der Waals surface area contributed by atoms with Crippen LogP contribution >= 0.6 is 0 Å². The lowest BCUT2D eigenvalue weighted by atomic mass is 9.70. The quantitative estimate of drug-likeness (QED) is 0.286. The second-order valence-electron chi connectivity index (χ2n) is 6.16. The van der Waals surface area contributed by atoms with E-state index in [0.29, 0.717) is 0 Å². The molecule has 7 heteroatoms. The molecule has 0 aliphatic rings. The van der Waals surface area contributed by atoms with E-state index in [-0.39, 0.29) is 22.6 Å². The first-order chi connectivity index (χ1) is 12.7. The largest absolute Gasteiger partial charge is 0.508 e. The molecule has 0 amide bonds. The fourth-order valence-electron chi connectivity index (χ4n) is 3.09. The van der Waals surface area contributed by atoms with E-state index >= 15 is 0 Å². The van der Waals surface area contributed by atoms with Crippen molar-refractivity contribution < 1.29 is 32.2 Å². The van der Waals surface area contributed by atoms with E-state index in [2.05, 4.69) is 0 Å². The maximum Gasteiger partial charge on any atom is 0.200 e. The zero-order valence-corrected chi connectivity index (χ0v) is 13.9. The minimum absolute atomic E-state index is 0.135. The Hall–Kier alpha value is -3.09. The molecule has 0 saturated carbocycles. The van der Waals surface area contributed by atoms with Crippen LogP contribution in [0, 0.1) is 29.1 Å². The molecule has 27 heavy (non-hydrogen) atoms. The number of hydrogen-bond acceptors (Lipinski definition) is 2. The van der Waals surface area contributed by atoms with Gasteiger partial charge in [0, 0.05) is 11.0 Å². The van der Waals surface area contributed by atoms with Gasteiger partial charge < -0.3 is 10.2 Å². The molecule has 0 aromatic heterocycles. The zero-order chi connectivity index (χ0) is 19.9. The monoisotopic (exact) mass is 380 g/mol. The fourth-order valence-corrected chi connectivity index (χ4v) is 3.09. The Morgan fingerprint density at radius 3 is 1.19 bits per heavy atom. The first kappa shape index (κ1) is 18.7. The lowest BCUT2D eigenvalue weighted by molar-refractivity contribution is 0.360. The Labute approximate surface area is 151 Å². The first-order valence-corrected chi connectivity index (χ1v) is 7.78. The van der Waals surface area contributed by atoms with Gasteiger partial charge in [0.25, 0.3) is 0 Å². The highest BCUT2D eigenvalue weighted by molar-refractivity contribution is 5.52. The predicted octanol–water partition coefficient (Wildman–Crippen LogP) is 5.15. The van der Waals surface area contributed by atoms with Crippen molar-refractivity contribution >= 4 is 0 Å². The summed E-state index contributed by atoms with van der Waals surface area (Å²) in [6, 6.07) is 10.2. The minimum atomic E-state index is -2.24. The van der Waals surface area contributed by atoms with E-state index in [1.54, 1.807) is 0 Å². The van der Waals surface area contributed by atoms with Crippen LogP contribution in [-0.4, -0.2) is 10.2 Å². The van der Waals surface area contributed by atoms with Gasteiger partial charge in [-0.05, 0) is 42.3 Å². The molecule has 0 aliphatic carbocycles. The van der Waals surface area contributed by atoms with Crippen molar-refractivity contribution in [1.82, 2.24) is 0 Å². The number of phenols is 2. The van der Waals surface area contributed by atoms with Gasteiger partial charge in [0.1, 0.15) is 11.5 Å². The summed E-state index contributed by atoms with van der Waals surface area (Å²) in [4.78, 5) is 0. The molecule has 3 aromatic carbocycles. The summed E-state index contributed by atoms with van der Waals surface area (Å²) in [6.45, 7) is 1.30. The molecule has 0 bridgehead atoms. The second-order valence-corrected chi connectivity index (χ2v) is 6.16. The van der Waals surface area contributed by atoms with E-state index in [0.717, 1.165) is 0 Å². The predicted molar refractivity (Wildman–Crippen MR) is 88.0 cm³/mol. The summed E-state index contributed by atoms with van der Waals surface area (Å²) >= 11 is 0. The number of rotatable bonds is 3. The molecular formula is C20H13F5O2. The summed E-state index contributed by atoms with van der Waals surface area (Å²) in [7, 11) is 0. The first-order valence-electron chi connectivity index (χ1n) is 7.78. The molecule has 140 valence electrons. The summed E-state index contributed by atoms with van der Waals surface area (Å²) in [5, 5.41) is 19.0. The third-order valence-electron chi connectivity index (χ3n) is 4.60. The molecule has 2 N–H and O–H groups in total. The molecule has 0 aliphatic heterocycles. The molecule has 0 heterocycles. The molecule has 0 radical (unpaired) electrons. The lowest BCUT2D eigenvalue weighted by Gasteiger charge is -2.32. The maximum absolute atomic E-state index is 14.6. The van der Waals surface area contributed by atoms with Crippen LogP contribution in [0.5, 0.6) is 11.5 Å². The topological polar surface area (TPSA) is 40.5 Å². The van der Waals surface area contributed by atoms with Crippen LogP contribution in [0.25, 0.3) is 0 Å². The van der Waals surface area contributed by atoms with Gasteiger partial charge in [0.15, 0.2) is 23.3 Å². The fraction of sp³-hybridized carbons (Fsp3) is 0.100. The van der Waals surface area contributed by atoms with Gasteiger partial charge in [-0.3, -0.25) is 0 Å². The van der Waals surface area contributed by atoms with Gasteiger partial charge in [-0.25, -0.2) is 22.0 Å². The molecular weight excluding hydrogens is 367 g/mol. The van der Waals surface area contributed by atoms with Gasteiger partial charge >= 0.3 is 0 Å². The highest BCUT2D eigenvalue weighted by Crippen LogP contribution is 2.43. The summed E-state index contributed by atoms with van der Waals surface area (Å²) in [5.74, 6) is -10.5. The van der Waals surface area contributed by atoms with Crippen LogP contribution in [-0.2, 0) is 5.41 Å². The maximum atomic E-state index is 14.6. The number of aromatic hydroxyl groups is 2. The van der Waals surface area contributed by atoms with Crippen molar-refractivity contribution in [3.05, 3.63) is 94.3 Å². The van der Waals surface area contributed by atoms with Crippen LogP contribution < -0.4 is 0 Å². The third-order valence-corrected chi connectivity index (χ3v) is 4.60. The van der Waals surface area contributed by atoms with Crippen LogP contribution in [0.2, 0.25) is 0 Å². The minimum Gasteiger partial charge on any atom is -0.508 e. The van der Waals surface area contributed by atoms with Crippen LogP contribution in [0.15, 0.2) is 48.5 Å². The SMILES string of the molecule is CC(c1ccc(O)cc1)(c1ccc(O)cc1)c1c(F)c(F)c(F)c(F)c1F. The van der Waals surface area contributed by atoms with Crippen molar-refractivity contribution in [1.29, 1.82) is 0 Å². The van der Waals surface area contributed by atoms with Gasteiger partial charge in [-0.1, -0.05) is 24.3 Å². The Bertz CT molecular complexity index is 924. The molecule has 3 rings (SSSR count). The Kier molecular flexibility index (Phi) is 4.55. The molecule has 0 unspecified atom stereocenters. The van der Waals surface area contributed by atoms with Gasteiger partial charge in [0.05, 0.1) is 0 Å². The standard InChI is InChI=1S/C20H13F5O2/c1-20(10-2-6-12(26)7-3-10,11-4-8-13(27)9-5-11)14-15(21)17(23)19(25)18(24)16(14)22/h2-9,26-27H,1H3. The molecule has 0 saturated heterocycles. The smallest absolute Gasteiger partial charge is 0.200 e. The van der Waals surface area contributed by atoms with Crippen molar-refractivity contribution in [2.75, 3.05) is 0 Å². The zero-order valence-electron chi connectivity index (χ0n) is 13.9. The van der Waals surface area contributed by atoms with E-state index in [1.165, 1.54) is 55.5 Å². The summed E-state index contributed by atoms with van der Waals surface area (Å²) < 4.78 is 70.4. The van der Waals surface area contributed by atoms with E-state index < -0.39 is 40.1 Å². The summed E-state index contributed by atoms with van der Waals surface area (Å²) in [5.41, 5.74) is -2.48. The number of benzene rings is 3. The number of halogens is 5. The van der Waals surface area contributed by atoms with E-state index in [1.807, 2.05) is 0 Å². The average Bonchev–Trinajstić information content (AvgIpc) is 2.65. The van der Waals surface area contributed by atoms with Crippen LogP contribution in [0.1, 0.15) is 23.6 Å². The van der Waals surface area contributed by atoms with Crippen molar-refractivity contribution in [2.45, 2.75) is 12.3 Å². The van der Waals surface area contributed by atoms with Crippen LogP contribution in [0.3, 0.4) is 0 Å². The Morgan fingerprint density at radius 1 is 0.556 bits per heavy atom. The van der Waals surface area contributed by atoms with E-state index in [9.17, 15) is 32.2 Å². The Balaban J connectivity index is 2.42. The molecule has 2 nitrogen and oxygen atoms in total. The average molecular weight is 380 g/mol. The third kappa shape index (κ3) is 2.89.